The molecule has 6 heteroatoms. The summed E-state index contributed by atoms with van der Waals surface area (Å²) < 4.78 is 1.24. The fraction of sp³-hybridized carbons (Fsp3) is 0.667. The Hall–Kier alpha value is -1.17. The van der Waals surface area contributed by atoms with Crippen molar-refractivity contribution in [2.24, 2.45) is 0 Å². The number of thioether (sulfide) groups is 1. The van der Waals surface area contributed by atoms with Gasteiger partial charge in [-0.15, -0.1) is 0 Å². The molecule has 0 saturated heterocycles. The second kappa shape index (κ2) is 6.13. The van der Waals surface area contributed by atoms with Gasteiger partial charge in [-0.25, -0.2) is 4.79 Å². The number of nitrogens with one attached hydrogen (secondary N) is 1. The standard InChI is InChI=1S/C12H20N2O3S/c1-7(2)9-10(15)13-12(17)14(11(9)16)6-5-8(3)18-4/h7-8,16H,5-6H2,1-4H3,(H,13,15,17). The molecular weight excluding hydrogens is 252 g/mol. The summed E-state index contributed by atoms with van der Waals surface area (Å²) in [4.78, 5) is 25.5. The Bertz CT molecular complexity index is 519. The lowest BCUT2D eigenvalue weighted by atomic mass is 10.1. The Balaban J connectivity index is 3.16. The summed E-state index contributed by atoms with van der Waals surface area (Å²) in [5.41, 5.74) is -0.775. The number of aromatic hydroxyl groups is 1. The van der Waals surface area contributed by atoms with Gasteiger partial charge >= 0.3 is 5.69 Å². The van der Waals surface area contributed by atoms with Gasteiger partial charge in [0.2, 0.25) is 5.88 Å². The highest BCUT2D eigenvalue weighted by Crippen LogP contribution is 2.20. The van der Waals surface area contributed by atoms with Crippen molar-refractivity contribution in [3.63, 3.8) is 0 Å². The lowest BCUT2D eigenvalue weighted by Gasteiger charge is -2.14. The minimum absolute atomic E-state index is 0.126. The fourth-order valence-electron chi connectivity index (χ4n) is 1.73. The lowest BCUT2D eigenvalue weighted by Crippen LogP contribution is -2.33. The third-order valence-corrected chi connectivity index (χ3v) is 3.99. The van der Waals surface area contributed by atoms with Crippen molar-refractivity contribution in [1.29, 1.82) is 0 Å². The third kappa shape index (κ3) is 3.19. The van der Waals surface area contributed by atoms with Crippen molar-refractivity contribution in [3.8, 4) is 5.88 Å². The zero-order chi connectivity index (χ0) is 13.9. The summed E-state index contributed by atoms with van der Waals surface area (Å²) in [5.74, 6) is -0.328. The van der Waals surface area contributed by atoms with Crippen LogP contribution in [0.1, 0.15) is 38.7 Å². The maximum absolute atomic E-state index is 11.7. The molecule has 0 bridgehead atoms. The van der Waals surface area contributed by atoms with Gasteiger partial charge in [0.05, 0.1) is 5.56 Å². The number of H-pyrrole nitrogens is 1. The van der Waals surface area contributed by atoms with Crippen molar-refractivity contribution < 1.29 is 5.11 Å². The molecule has 0 aliphatic carbocycles. The molecule has 1 rings (SSSR count). The number of nitrogens with zero attached hydrogens (tertiary/aromatic N) is 1. The summed E-state index contributed by atoms with van der Waals surface area (Å²) in [5, 5.41) is 10.4. The smallest absolute Gasteiger partial charge is 0.331 e. The second-order valence-corrected chi connectivity index (χ2v) is 5.91. The lowest BCUT2D eigenvalue weighted by molar-refractivity contribution is 0.386. The van der Waals surface area contributed by atoms with Gasteiger partial charge in [-0.3, -0.25) is 14.3 Å². The van der Waals surface area contributed by atoms with Gasteiger partial charge in [0, 0.05) is 11.8 Å². The molecule has 1 unspecified atom stereocenters. The number of hydrogen-bond donors (Lipinski definition) is 2. The van der Waals surface area contributed by atoms with Gasteiger partial charge in [-0.2, -0.15) is 11.8 Å². The quantitative estimate of drug-likeness (QED) is 0.852. The molecule has 0 amide bonds. The van der Waals surface area contributed by atoms with Crippen LogP contribution in [0.3, 0.4) is 0 Å². The van der Waals surface area contributed by atoms with Crippen molar-refractivity contribution in [3.05, 3.63) is 26.4 Å². The van der Waals surface area contributed by atoms with Crippen LogP contribution in [0.2, 0.25) is 0 Å². The van der Waals surface area contributed by atoms with Gasteiger partial charge in [-0.05, 0) is 18.6 Å². The number of aromatic nitrogens is 2. The van der Waals surface area contributed by atoms with Crippen LogP contribution in [-0.4, -0.2) is 26.2 Å². The van der Waals surface area contributed by atoms with Crippen molar-refractivity contribution in [1.82, 2.24) is 9.55 Å². The molecule has 0 fully saturated rings. The number of rotatable bonds is 5. The molecule has 1 aromatic heterocycles. The highest BCUT2D eigenvalue weighted by atomic mass is 32.2. The van der Waals surface area contributed by atoms with Crippen LogP contribution in [-0.2, 0) is 6.54 Å². The Labute approximate surface area is 110 Å². The van der Waals surface area contributed by atoms with Crippen LogP contribution in [0.15, 0.2) is 9.59 Å². The third-order valence-electron chi connectivity index (χ3n) is 2.95. The molecular formula is C12H20N2O3S. The van der Waals surface area contributed by atoms with Crippen molar-refractivity contribution in [2.75, 3.05) is 6.26 Å². The largest absolute Gasteiger partial charge is 0.494 e. The van der Waals surface area contributed by atoms with Crippen molar-refractivity contribution >= 4 is 11.8 Å². The molecule has 0 aliphatic heterocycles. The molecule has 1 heterocycles. The van der Waals surface area contributed by atoms with Crippen LogP contribution in [0.25, 0.3) is 0 Å². The molecule has 0 aliphatic rings. The van der Waals surface area contributed by atoms with Gasteiger partial charge < -0.3 is 5.11 Å². The Morgan fingerprint density at radius 2 is 1.94 bits per heavy atom. The first-order valence-electron chi connectivity index (χ1n) is 5.97. The van der Waals surface area contributed by atoms with E-state index in [-0.39, 0.29) is 17.4 Å². The van der Waals surface area contributed by atoms with E-state index in [1.165, 1.54) is 4.57 Å². The average molecular weight is 272 g/mol. The van der Waals surface area contributed by atoms with E-state index >= 15 is 0 Å². The van der Waals surface area contributed by atoms with E-state index in [0.717, 1.165) is 6.42 Å². The first-order valence-corrected chi connectivity index (χ1v) is 7.26. The highest BCUT2D eigenvalue weighted by Gasteiger charge is 2.17. The summed E-state index contributed by atoms with van der Waals surface area (Å²) in [6.45, 7) is 6.08. The predicted molar refractivity (Wildman–Crippen MR) is 74.7 cm³/mol. The Morgan fingerprint density at radius 1 is 1.33 bits per heavy atom. The maximum atomic E-state index is 11.7. The predicted octanol–water partition coefficient (Wildman–Crippen LogP) is 1.51. The number of hydrogen-bond acceptors (Lipinski definition) is 4. The summed E-state index contributed by atoms with van der Waals surface area (Å²) in [6.07, 6.45) is 2.76. The fourth-order valence-corrected chi connectivity index (χ4v) is 2.07. The zero-order valence-corrected chi connectivity index (χ0v) is 12.0. The molecule has 0 spiro atoms. The van der Waals surface area contributed by atoms with Gasteiger partial charge in [0.25, 0.3) is 5.56 Å². The molecule has 1 aromatic rings. The molecule has 1 atom stereocenters. The van der Waals surface area contributed by atoms with Crippen LogP contribution in [0, 0.1) is 0 Å². The first-order chi connectivity index (χ1) is 8.38. The van der Waals surface area contributed by atoms with E-state index in [0.29, 0.717) is 11.8 Å². The van der Waals surface area contributed by atoms with Crippen LogP contribution >= 0.6 is 11.8 Å². The van der Waals surface area contributed by atoms with Crippen LogP contribution in [0.4, 0.5) is 0 Å². The normalized spacial score (nSPS) is 12.9. The zero-order valence-electron chi connectivity index (χ0n) is 11.2. The molecule has 0 radical (unpaired) electrons. The average Bonchev–Trinajstić information content (AvgIpc) is 2.27. The highest BCUT2D eigenvalue weighted by molar-refractivity contribution is 7.99. The molecule has 0 saturated carbocycles. The summed E-state index contributed by atoms with van der Waals surface area (Å²) in [7, 11) is 0. The Kier molecular flexibility index (Phi) is 5.07. The van der Waals surface area contributed by atoms with E-state index in [2.05, 4.69) is 11.9 Å². The maximum Gasteiger partial charge on any atom is 0.331 e. The minimum Gasteiger partial charge on any atom is -0.494 e. The van der Waals surface area contributed by atoms with E-state index in [1.54, 1.807) is 11.8 Å². The number of aromatic amines is 1. The minimum atomic E-state index is -0.546. The van der Waals surface area contributed by atoms with Gasteiger partial charge in [0.15, 0.2) is 0 Å². The monoisotopic (exact) mass is 272 g/mol. The van der Waals surface area contributed by atoms with Gasteiger partial charge in [-0.1, -0.05) is 20.8 Å². The first kappa shape index (κ1) is 14.9. The Morgan fingerprint density at radius 3 is 2.44 bits per heavy atom. The van der Waals surface area contributed by atoms with E-state index in [1.807, 2.05) is 20.1 Å². The van der Waals surface area contributed by atoms with Gasteiger partial charge in [0.1, 0.15) is 0 Å². The van der Waals surface area contributed by atoms with Crippen LogP contribution < -0.4 is 11.2 Å². The molecule has 0 aromatic carbocycles. The molecule has 18 heavy (non-hydrogen) atoms. The van der Waals surface area contributed by atoms with Crippen molar-refractivity contribution in [2.45, 2.75) is 44.9 Å². The molecule has 102 valence electrons. The SMILES string of the molecule is CSC(C)CCn1c(O)c(C(C)C)c(=O)[nH]c1=O. The molecule has 5 nitrogen and oxygen atoms in total. The van der Waals surface area contributed by atoms with E-state index < -0.39 is 11.2 Å². The summed E-state index contributed by atoms with van der Waals surface area (Å²) >= 11 is 1.70. The molecule has 2 N–H and O–H groups in total. The summed E-state index contributed by atoms with van der Waals surface area (Å²) in [6, 6.07) is 0. The topological polar surface area (TPSA) is 75.1 Å². The van der Waals surface area contributed by atoms with Crippen LogP contribution in [0.5, 0.6) is 5.88 Å². The van der Waals surface area contributed by atoms with E-state index in [4.69, 9.17) is 0 Å². The second-order valence-electron chi connectivity index (χ2n) is 4.64. The van der Waals surface area contributed by atoms with E-state index in [9.17, 15) is 14.7 Å².